The number of halogens is 2. The van der Waals surface area contributed by atoms with E-state index in [1.807, 2.05) is 0 Å². The van der Waals surface area contributed by atoms with E-state index in [-0.39, 0.29) is 35.2 Å². The summed E-state index contributed by atoms with van der Waals surface area (Å²) in [7, 11) is 1.42. The lowest BCUT2D eigenvalue weighted by Crippen LogP contribution is -2.38. The standard InChI is InChI=1S/C20H26F2N2O3/c1-27-20(26)13-6-10-24(11-7-13)9-3-8-23-19(25)15-12-14(15)18-16(21)4-2-5-17(18)22/h2,4-5,13-15H,3,6-12H2,1H3,(H,23,25). The molecular weight excluding hydrogens is 354 g/mol. The summed E-state index contributed by atoms with van der Waals surface area (Å²) in [6.45, 7) is 3.10. The quantitative estimate of drug-likeness (QED) is 0.583. The number of likely N-dealkylation sites (tertiary alicyclic amines) is 1. The van der Waals surface area contributed by atoms with Gasteiger partial charge in [-0.1, -0.05) is 6.07 Å². The molecule has 1 amide bonds. The van der Waals surface area contributed by atoms with Gasteiger partial charge in [-0.2, -0.15) is 0 Å². The molecule has 3 rings (SSSR count). The van der Waals surface area contributed by atoms with Crippen molar-refractivity contribution in [3.63, 3.8) is 0 Å². The second-order valence-corrected chi connectivity index (χ2v) is 7.37. The van der Waals surface area contributed by atoms with Crippen molar-refractivity contribution in [3.8, 4) is 0 Å². The molecule has 5 nitrogen and oxygen atoms in total. The summed E-state index contributed by atoms with van der Waals surface area (Å²) in [4.78, 5) is 26.0. The zero-order chi connectivity index (χ0) is 19.4. The van der Waals surface area contributed by atoms with E-state index in [0.29, 0.717) is 13.0 Å². The largest absolute Gasteiger partial charge is 0.469 e. The topological polar surface area (TPSA) is 58.6 Å². The number of hydrogen-bond donors (Lipinski definition) is 1. The molecule has 1 heterocycles. The minimum absolute atomic E-state index is 0.00321. The second-order valence-electron chi connectivity index (χ2n) is 7.37. The van der Waals surface area contributed by atoms with Crippen molar-refractivity contribution >= 4 is 11.9 Å². The Bertz CT molecular complexity index is 670. The van der Waals surface area contributed by atoms with E-state index in [1.165, 1.54) is 25.3 Å². The average molecular weight is 380 g/mol. The number of rotatable bonds is 7. The Morgan fingerprint density at radius 3 is 2.52 bits per heavy atom. The highest BCUT2D eigenvalue weighted by Gasteiger charge is 2.46. The van der Waals surface area contributed by atoms with Crippen molar-refractivity contribution in [1.82, 2.24) is 10.2 Å². The summed E-state index contributed by atoms with van der Waals surface area (Å²) in [5.41, 5.74) is 0.0335. The van der Waals surface area contributed by atoms with Gasteiger partial charge in [-0.25, -0.2) is 8.78 Å². The third kappa shape index (κ3) is 4.83. The summed E-state index contributed by atoms with van der Waals surface area (Å²) < 4.78 is 32.4. The Balaban J connectivity index is 1.34. The summed E-state index contributed by atoms with van der Waals surface area (Å²) in [5.74, 6) is -2.12. The fourth-order valence-corrected chi connectivity index (χ4v) is 3.87. The maximum atomic E-state index is 13.8. The number of methoxy groups -OCH3 is 1. The molecule has 0 spiro atoms. The van der Waals surface area contributed by atoms with Crippen LogP contribution in [0.15, 0.2) is 18.2 Å². The van der Waals surface area contributed by atoms with Crippen molar-refractivity contribution < 1.29 is 23.1 Å². The molecule has 2 atom stereocenters. The molecule has 2 unspecified atom stereocenters. The lowest BCUT2D eigenvalue weighted by atomic mass is 9.97. The maximum Gasteiger partial charge on any atom is 0.308 e. The van der Waals surface area contributed by atoms with Gasteiger partial charge in [0.05, 0.1) is 13.0 Å². The Labute approximate surface area is 158 Å². The minimum atomic E-state index is -0.578. The maximum absolute atomic E-state index is 13.8. The minimum Gasteiger partial charge on any atom is -0.469 e. The van der Waals surface area contributed by atoms with E-state index >= 15 is 0 Å². The highest BCUT2D eigenvalue weighted by atomic mass is 19.1. The molecule has 1 N–H and O–H groups in total. The van der Waals surface area contributed by atoms with E-state index in [0.717, 1.165) is 38.9 Å². The van der Waals surface area contributed by atoms with Crippen LogP contribution >= 0.6 is 0 Å². The molecule has 1 saturated heterocycles. The zero-order valence-corrected chi connectivity index (χ0v) is 15.5. The van der Waals surface area contributed by atoms with Gasteiger partial charge in [0.1, 0.15) is 11.6 Å². The van der Waals surface area contributed by atoms with Crippen LogP contribution in [-0.2, 0) is 14.3 Å². The molecule has 2 aliphatic rings. The van der Waals surface area contributed by atoms with E-state index < -0.39 is 11.6 Å². The molecule has 148 valence electrons. The number of benzene rings is 1. The first-order valence-corrected chi connectivity index (χ1v) is 9.53. The Hall–Kier alpha value is -2.02. The van der Waals surface area contributed by atoms with Crippen molar-refractivity contribution in [2.75, 3.05) is 33.3 Å². The highest BCUT2D eigenvalue weighted by Crippen LogP contribution is 2.49. The van der Waals surface area contributed by atoms with Crippen LogP contribution in [0.5, 0.6) is 0 Å². The van der Waals surface area contributed by atoms with Gasteiger partial charge in [-0.05, 0) is 57.5 Å². The van der Waals surface area contributed by atoms with Crippen LogP contribution in [-0.4, -0.2) is 50.1 Å². The van der Waals surface area contributed by atoms with E-state index in [2.05, 4.69) is 10.2 Å². The molecular formula is C20H26F2N2O3. The van der Waals surface area contributed by atoms with Gasteiger partial charge in [0.2, 0.25) is 5.91 Å². The molecule has 2 fully saturated rings. The van der Waals surface area contributed by atoms with Crippen molar-refractivity contribution in [1.29, 1.82) is 0 Å². The molecule has 0 radical (unpaired) electrons. The fourth-order valence-electron chi connectivity index (χ4n) is 3.87. The summed E-state index contributed by atoms with van der Waals surface area (Å²) in [6, 6.07) is 3.80. The van der Waals surface area contributed by atoms with Crippen LogP contribution in [0.3, 0.4) is 0 Å². The molecule has 0 aromatic heterocycles. The third-order valence-corrected chi connectivity index (χ3v) is 5.57. The lowest BCUT2D eigenvalue weighted by Gasteiger charge is -2.30. The van der Waals surface area contributed by atoms with Crippen LogP contribution in [0.2, 0.25) is 0 Å². The average Bonchev–Trinajstić information content (AvgIpc) is 3.45. The number of hydrogen-bond acceptors (Lipinski definition) is 4. The summed E-state index contributed by atoms with van der Waals surface area (Å²) >= 11 is 0. The molecule has 1 aromatic rings. The number of nitrogens with zero attached hydrogens (tertiary/aromatic N) is 1. The molecule has 1 aliphatic heterocycles. The highest BCUT2D eigenvalue weighted by molar-refractivity contribution is 5.82. The first kappa shape index (κ1) is 19.7. The normalized spacial score (nSPS) is 23.1. The van der Waals surface area contributed by atoms with Gasteiger partial charge in [0.25, 0.3) is 0 Å². The number of nitrogens with one attached hydrogen (secondary N) is 1. The van der Waals surface area contributed by atoms with Crippen molar-refractivity contribution in [2.24, 2.45) is 11.8 Å². The third-order valence-electron chi connectivity index (χ3n) is 5.57. The molecule has 1 aromatic carbocycles. The van der Waals surface area contributed by atoms with Crippen LogP contribution < -0.4 is 5.32 Å². The van der Waals surface area contributed by atoms with Gasteiger partial charge in [0, 0.05) is 23.9 Å². The van der Waals surface area contributed by atoms with Crippen molar-refractivity contribution in [2.45, 2.75) is 31.6 Å². The number of carbonyl (C=O) groups is 2. The van der Waals surface area contributed by atoms with Crippen LogP contribution in [0.4, 0.5) is 8.78 Å². The number of piperidine rings is 1. The van der Waals surface area contributed by atoms with Crippen LogP contribution in [0.1, 0.15) is 37.2 Å². The smallest absolute Gasteiger partial charge is 0.308 e. The number of ether oxygens (including phenoxy) is 1. The summed E-state index contributed by atoms with van der Waals surface area (Å²) in [5, 5.41) is 2.87. The first-order valence-electron chi connectivity index (χ1n) is 9.53. The van der Waals surface area contributed by atoms with Gasteiger partial charge >= 0.3 is 5.97 Å². The Kier molecular flexibility index (Phi) is 6.42. The molecule has 0 bridgehead atoms. The van der Waals surface area contributed by atoms with E-state index in [1.54, 1.807) is 0 Å². The van der Waals surface area contributed by atoms with Crippen LogP contribution in [0, 0.1) is 23.5 Å². The zero-order valence-electron chi connectivity index (χ0n) is 15.5. The van der Waals surface area contributed by atoms with Crippen molar-refractivity contribution in [3.05, 3.63) is 35.4 Å². The van der Waals surface area contributed by atoms with Gasteiger partial charge in [-0.15, -0.1) is 0 Å². The van der Waals surface area contributed by atoms with E-state index in [9.17, 15) is 18.4 Å². The van der Waals surface area contributed by atoms with Gasteiger partial charge in [0.15, 0.2) is 0 Å². The van der Waals surface area contributed by atoms with Gasteiger partial charge < -0.3 is 15.0 Å². The first-order chi connectivity index (χ1) is 13.0. The second kappa shape index (κ2) is 8.78. The predicted octanol–water partition coefficient (Wildman–Crippen LogP) is 2.46. The monoisotopic (exact) mass is 380 g/mol. The molecule has 1 aliphatic carbocycles. The molecule has 7 heteroatoms. The van der Waals surface area contributed by atoms with Crippen LogP contribution in [0.25, 0.3) is 0 Å². The Morgan fingerprint density at radius 2 is 1.89 bits per heavy atom. The lowest BCUT2D eigenvalue weighted by molar-refractivity contribution is -0.147. The summed E-state index contributed by atoms with van der Waals surface area (Å²) in [6.07, 6.45) is 2.90. The molecule has 1 saturated carbocycles. The number of esters is 1. The van der Waals surface area contributed by atoms with E-state index in [4.69, 9.17) is 4.74 Å². The molecule has 27 heavy (non-hydrogen) atoms. The fraction of sp³-hybridized carbons (Fsp3) is 0.600. The van der Waals surface area contributed by atoms with Gasteiger partial charge in [-0.3, -0.25) is 9.59 Å². The number of carbonyl (C=O) groups excluding carboxylic acids is 2. The predicted molar refractivity (Wildman–Crippen MR) is 96.0 cm³/mol. The SMILES string of the molecule is COC(=O)C1CCN(CCCNC(=O)C2CC2c2c(F)cccc2F)CC1. The number of amides is 1. The Morgan fingerprint density at radius 1 is 1.22 bits per heavy atom.